The van der Waals surface area contributed by atoms with Gasteiger partial charge in [-0.3, -0.25) is 0 Å². The molecule has 0 aliphatic heterocycles. The first kappa shape index (κ1) is 16.7. The number of primary sulfonamides is 1. The molecule has 0 aliphatic rings. The fourth-order valence-corrected chi connectivity index (χ4v) is 2.58. The van der Waals surface area contributed by atoms with E-state index in [9.17, 15) is 13.2 Å². The molecule has 20 heavy (non-hydrogen) atoms. The van der Waals surface area contributed by atoms with Gasteiger partial charge in [0.05, 0.1) is 6.10 Å². The van der Waals surface area contributed by atoms with E-state index < -0.39 is 16.0 Å². The Balaban J connectivity index is 2.95. The Morgan fingerprint density at radius 3 is 2.45 bits per heavy atom. The first-order valence-corrected chi connectivity index (χ1v) is 8.13. The first-order chi connectivity index (χ1) is 9.15. The fourth-order valence-electron chi connectivity index (χ4n) is 2.03. The van der Waals surface area contributed by atoms with Gasteiger partial charge in [-0.25, -0.2) is 18.4 Å². The number of hydrogen-bond donors (Lipinski definition) is 1. The van der Waals surface area contributed by atoms with Crippen molar-refractivity contribution < 1.29 is 17.9 Å². The molecule has 2 N–H and O–H groups in total. The van der Waals surface area contributed by atoms with Crippen molar-refractivity contribution in [3.8, 4) is 0 Å². The van der Waals surface area contributed by atoms with E-state index in [-0.39, 0.29) is 16.7 Å². The van der Waals surface area contributed by atoms with Crippen molar-refractivity contribution in [1.82, 2.24) is 4.57 Å². The molecule has 0 saturated carbocycles. The molecule has 0 saturated heterocycles. The summed E-state index contributed by atoms with van der Waals surface area (Å²) >= 11 is 0. The lowest BCUT2D eigenvalue weighted by Crippen LogP contribution is -2.19. The topological polar surface area (TPSA) is 91.4 Å². The molecule has 1 rings (SSSR count). The highest BCUT2D eigenvalue weighted by Gasteiger charge is 2.21. The minimum absolute atomic E-state index is 0.0807. The molecule has 0 aromatic carbocycles. The van der Waals surface area contributed by atoms with Crippen molar-refractivity contribution in [3.05, 3.63) is 18.0 Å². The Hall–Kier alpha value is -1.34. The highest BCUT2D eigenvalue weighted by atomic mass is 32.2. The van der Waals surface area contributed by atoms with E-state index >= 15 is 0 Å². The number of ether oxygens (including phenoxy) is 1. The number of hydrogen-bond acceptors (Lipinski definition) is 4. The minimum Gasteiger partial charge on any atom is -0.458 e. The molecule has 6 nitrogen and oxygen atoms in total. The van der Waals surface area contributed by atoms with Gasteiger partial charge in [-0.1, -0.05) is 13.8 Å². The van der Waals surface area contributed by atoms with E-state index in [4.69, 9.17) is 9.88 Å². The van der Waals surface area contributed by atoms with Crippen molar-refractivity contribution in [2.75, 3.05) is 0 Å². The van der Waals surface area contributed by atoms with Crippen LogP contribution in [0.1, 0.15) is 44.6 Å². The molecule has 0 radical (unpaired) electrons. The number of nitrogens with two attached hydrogens (primary N) is 1. The zero-order chi connectivity index (χ0) is 15.5. The maximum absolute atomic E-state index is 12.1. The Bertz CT molecular complexity index is 575. The predicted octanol–water partition coefficient (Wildman–Crippen LogP) is 1.75. The molecular formula is C13H22N2O4S. The van der Waals surface area contributed by atoms with Gasteiger partial charge in [-0.2, -0.15) is 0 Å². The molecule has 1 aromatic heterocycles. The monoisotopic (exact) mass is 302 g/mol. The first-order valence-electron chi connectivity index (χ1n) is 6.59. The molecule has 7 heteroatoms. The summed E-state index contributed by atoms with van der Waals surface area (Å²) < 4.78 is 29.5. The van der Waals surface area contributed by atoms with E-state index in [1.165, 1.54) is 16.8 Å². The highest BCUT2D eigenvalue weighted by Crippen LogP contribution is 2.16. The van der Waals surface area contributed by atoms with E-state index in [0.717, 1.165) is 6.42 Å². The van der Waals surface area contributed by atoms with Crippen LogP contribution in [0.25, 0.3) is 0 Å². The molecule has 1 heterocycles. The molecule has 0 fully saturated rings. The highest BCUT2D eigenvalue weighted by molar-refractivity contribution is 7.89. The van der Waals surface area contributed by atoms with Gasteiger partial charge in [0.1, 0.15) is 10.6 Å². The van der Waals surface area contributed by atoms with Gasteiger partial charge in [0.15, 0.2) is 0 Å². The van der Waals surface area contributed by atoms with Crippen molar-refractivity contribution in [2.45, 2.75) is 51.7 Å². The number of esters is 1. The second-order valence-corrected chi connectivity index (χ2v) is 6.80. The van der Waals surface area contributed by atoms with E-state index in [1.54, 1.807) is 6.92 Å². The number of sulfonamides is 1. The number of aromatic nitrogens is 1. The van der Waals surface area contributed by atoms with Crippen molar-refractivity contribution in [3.63, 3.8) is 0 Å². The Labute approximate surface area is 120 Å². The third-order valence-corrected chi connectivity index (χ3v) is 3.74. The average Bonchev–Trinajstić information content (AvgIpc) is 2.70. The summed E-state index contributed by atoms with van der Waals surface area (Å²) in [6.07, 6.45) is 1.88. The summed E-state index contributed by atoms with van der Waals surface area (Å²) in [7, 11) is -3.82. The molecule has 1 aromatic rings. The van der Waals surface area contributed by atoms with Crippen LogP contribution in [0.15, 0.2) is 17.2 Å². The van der Waals surface area contributed by atoms with Gasteiger partial charge in [-0.15, -0.1) is 0 Å². The van der Waals surface area contributed by atoms with E-state index in [1.807, 2.05) is 20.8 Å². The largest absolute Gasteiger partial charge is 0.458 e. The van der Waals surface area contributed by atoms with Crippen molar-refractivity contribution in [2.24, 2.45) is 11.1 Å². The molecule has 0 amide bonds. The van der Waals surface area contributed by atoms with Crippen LogP contribution in [0.2, 0.25) is 0 Å². The number of carbonyl (C=O) groups is 1. The van der Waals surface area contributed by atoms with Crippen LogP contribution in [0.3, 0.4) is 0 Å². The van der Waals surface area contributed by atoms with E-state index in [0.29, 0.717) is 12.5 Å². The lowest BCUT2D eigenvalue weighted by atomic mass is 10.1. The summed E-state index contributed by atoms with van der Waals surface area (Å²) in [6.45, 7) is 8.16. The number of nitrogens with zero attached hydrogens (tertiary/aromatic N) is 1. The molecular weight excluding hydrogens is 280 g/mol. The number of aryl methyl sites for hydroxylation is 1. The summed E-state index contributed by atoms with van der Waals surface area (Å²) in [6, 6.07) is 1.25. The number of rotatable bonds is 6. The Morgan fingerprint density at radius 2 is 2.00 bits per heavy atom. The zero-order valence-corrected chi connectivity index (χ0v) is 13.1. The van der Waals surface area contributed by atoms with E-state index in [2.05, 4.69) is 0 Å². The second kappa shape index (κ2) is 6.41. The second-order valence-electron chi connectivity index (χ2n) is 5.24. The minimum atomic E-state index is -3.82. The lowest BCUT2D eigenvalue weighted by Gasteiger charge is -2.15. The van der Waals surface area contributed by atoms with Crippen LogP contribution < -0.4 is 5.14 Å². The van der Waals surface area contributed by atoms with Gasteiger partial charge in [0, 0.05) is 12.7 Å². The Kier molecular flexibility index (Phi) is 5.35. The SMILES string of the molecule is CCn1cc(S(N)(=O)=O)cc1C(=O)OC(C)CC(C)C. The Morgan fingerprint density at radius 1 is 1.40 bits per heavy atom. The van der Waals surface area contributed by atoms with Crippen molar-refractivity contribution in [1.29, 1.82) is 0 Å². The summed E-state index contributed by atoms with van der Waals surface area (Å²) in [5.41, 5.74) is 0.201. The average molecular weight is 302 g/mol. The third-order valence-electron chi connectivity index (χ3n) is 2.86. The van der Waals surface area contributed by atoms with Gasteiger partial charge in [-0.05, 0) is 32.3 Å². The smallest absolute Gasteiger partial charge is 0.355 e. The molecule has 0 aliphatic carbocycles. The van der Waals surface area contributed by atoms with Crippen molar-refractivity contribution >= 4 is 16.0 Å². The maximum Gasteiger partial charge on any atom is 0.355 e. The van der Waals surface area contributed by atoms with Gasteiger partial charge >= 0.3 is 5.97 Å². The normalized spacial score (nSPS) is 13.5. The summed E-state index contributed by atoms with van der Waals surface area (Å²) in [4.78, 5) is 12.0. The van der Waals surface area contributed by atoms with Crippen LogP contribution in [0.4, 0.5) is 0 Å². The summed E-state index contributed by atoms with van der Waals surface area (Å²) in [5, 5.41) is 5.07. The maximum atomic E-state index is 12.1. The molecule has 0 spiro atoms. The standard InChI is InChI=1S/C13H22N2O4S/c1-5-15-8-11(20(14,17)18)7-12(15)13(16)19-10(4)6-9(2)3/h7-10H,5-6H2,1-4H3,(H2,14,17,18). The quantitative estimate of drug-likeness (QED) is 0.810. The van der Waals surface area contributed by atoms with Gasteiger partial charge < -0.3 is 9.30 Å². The predicted molar refractivity (Wildman–Crippen MR) is 75.8 cm³/mol. The zero-order valence-electron chi connectivity index (χ0n) is 12.3. The lowest BCUT2D eigenvalue weighted by molar-refractivity contribution is 0.0287. The van der Waals surface area contributed by atoms with Crippen LogP contribution in [0, 0.1) is 5.92 Å². The number of carbonyl (C=O) groups excluding carboxylic acids is 1. The molecule has 1 unspecified atom stereocenters. The molecule has 114 valence electrons. The fraction of sp³-hybridized carbons (Fsp3) is 0.615. The molecule has 1 atom stereocenters. The molecule has 0 bridgehead atoms. The van der Waals surface area contributed by atoms with Crippen LogP contribution in [-0.4, -0.2) is 25.1 Å². The van der Waals surface area contributed by atoms with Gasteiger partial charge in [0.2, 0.25) is 10.0 Å². The third kappa shape index (κ3) is 4.35. The van der Waals surface area contributed by atoms with Crippen LogP contribution in [-0.2, 0) is 21.3 Å². The van der Waals surface area contributed by atoms with Crippen LogP contribution in [0.5, 0.6) is 0 Å². The summed E-state index contributed by atoms with van der Waals surface area (Å²) in [5.74, 6) is -0.120. The van der Waals surface area contributed by atoms with Gasteiger partial charge in [0.25, 0.3) is 0 Å². The van der Waals surface area contributed by atoms with Crippen LogP contribution >= 0.6 is 0 Å².